The molecule has 3 heteroatoms. The summed E-state index contributed by atoms with van der Waals surface area (Å²) in [6, 6.07) is 13.8. The fourth-order valence-corrected chi connectivity index (χ4v) is 4.37. The highest BCUT2D eigenvalue weighted by molar-refractivity contribution is 6.90. The zero-order chi connectivity index (χ0) is 14.5. The summed E-state index contributed by atoms with van der Waals surface area (Å²) in [5.41, 5.74) is 0. The predicted molar refractivity (Wildman–Crippen MR) is 87.8 cm³/mol. The fourth-order valence-electron chi connectivity index (χ4n) is 2.78. The summed E-state index contributed by atoms with van der Waals surface area (Å²) in [6.07, 6.45) is 0. The van der Waals surface area contributed by atoms with Crippen LogP contribution < -0.4 is 5.19 Å². The second kappa shape index (κ2) is 4.25. The van der Waals surface area contributed by atoms with E-state index in [-0.39, 0.29) is 11.5 Å². The van der Waals surface area contributed by atoms with E-state index >= 15 is 0 Å². The molecule has 0 aromatic heterocycles. The van der Waals surface area contributed by atoms with Crippen LogP contribution in [0.5, 0.6) is 11.5 Å². The van der Waals surface area contributed by atoms with Gasteiger partial charge in [-0.15, -0.1) is 0 Å². The van der Waals surface area contributed by atoms with Gasteiger partial charge in [0.15, 0.2) is 11.5 Å². The molecule has 2 nitrogen and oxygen atoms in total. The molecule has 0 spiro atoms. The van der Waals surface area contributed by atoms with Crippen molar-refractivity contribution >= 4 is 34.8 Å². The van der Waals surface area contributed by atoms with Gasteiger partial charge < -0.3 is 10.2 Å². The van der Waals surface area contributed by atoms with Gasteiger partial charge in [0.1, 0.15) is 0 Å². The summed E-state index contributed by atoms with van der Waals surface area (Å²) in [5.74, 6) is -0.0370. The van der Waals surface area contributed by atoms with Crippen LogP contribution in [0, 0.1) is 0 Å². The Morgan fingerprint density at radius 1 is 0.850 bits per heavy atom. The lowest BCUT2D eigenvalue weighted by Gasteiger charge is -2.21. The average molecular weight is 282 g/mol. The van der Waals surface area contributed by atoms with E-state index in [9.17, 15) is 10.2 Å². The smallest absolute Gasteiger partial charge is 0.166 e. The van der Waals surface area contributed by atoms with Crippen molar-refractivity contribution < 1.29 is 10.2 Å². The lowest BCUT2D eigenvalue weighted by atomic mass is 10.0. The number of rotatable bonds is 1. The molecule has 0 aliphatic rings. The third-order valence-corrected chi connectivity index (χ3v) is 5.82. The van der Waals surface area contributed by atoms with E-state index in [0.717, 1.165) is 21.5 Å². The van der Waals surface area contributed by atoms with Gasteiger partial charge in [0, 0.05) is 5.39 Å². The van der Waals surface area contributed by atoms with Crippen molar-refractivity contribution in [1.82, 2.24) is 0 Å². The summed E-state index contributed by atoms with van der Waals surface area (Å²) >= 11 is 0. The van der Waals surface area contributed by atoms with Gasteiger partial charge in [-0.2, -0.15) is 0 Å². The van der Waals surface area contributed by atoms with E-state index < -0.39 is 8.07 Å². The molecule has 3 rings (SSSR count). The summed E-state index contributed by atoms with van der Waals surface area (Å²) in [7, 11) is -1.61. The maximum atomic E-state index is 10.3. The molecule has 0 atom stereocenters. The maximum absolute atomic E-state index is 10.3. The quantitative estimate of drug-likeness (QED) is 0.403. The van der Waals surface area contributed by atoms with Crippen LogP contribution in [0.2, 0.25) is 19.6 Å². The molecule has 3 aromatic rings. The first-order chi connectivity index (χ1) is 9.39. The molecule has 0 radical (unpaired) electrons. The Morgan fingerprint density at radius 2 is 1.55 bits per heavy atom. The summed E-state index contributed by atoms with van der Waals surface area (Å²) < 4.78 is 0. The van der Waals surface area contributed by atoms with Gasteiger partial charge in [-0.3, -0.25) is 0 Å². The first kappa shape index (κ1) is 13.0. The standard InChI is InChI=1S/C17H18O2Si/c1-20(2,3)15-10-14(18)17(19)16-12-7-5-4-6-11(12)8-9-13(15)16/h4-10,18-19H,1-3H3. The number of benzene rings is 3. The number of phenols is 2. The van der Waals surface area contributed by atoms with Gasteiger partial charge in [0.05, 0.1) is 8.07 Å². The molecule has 0 unspecified atom stereocenters. The second-order valence-electron chi connectivity index (χ2n) is 6.25. The predicted octanol–water partition coefficient (Wildman–Crippen LogP) is 3.95. The average Bonchev–Trinajstić information content (AvgIpc) is 2.40. The Labute approximate surface area is 119 Å². The zero-order valence-corrected chi connectivity index (χ0v) is 12.9. The summed E-state index contributed by atoms with van der Waals surface area (Å²) in [6.45, 7) is 6.73. The Bertz CT molecular complexity index is 816. The first-order valence-electron chi connectivity index (χ1n) is 6.76. The van der Waals surface area contributed by atoms with Gasteiger partial charge >= 0.3 is 0 Å². The van der Waals surface area contributed by atoms with Crippen molar-refractivity contribution in [1.29, 1.82) is 0 Å². The highest BCUT2D eigenvalue weighted by Crippen LogP contribution is 2.38. The number of aromatic hydroxyl groups is 2. The number of hydrogen-bond donors (Lipinski definition) is 2. The summed E-state index contributed by atoms with van der Waals surface area (Å²) in [5, 5.41) is 25.5. The number of phenolic OH excluding ortho intramolecular Hbond substituents is 2. The van der Waals surface area contributed by atoms with Crippen LogP contribution in [0.25, 0.3) is 21.5 Å². The summed E-state index contributed by atoms with van der Waals surface area (Å²) in [4.78, 5) is 0. The van der Waals surface area contributed by atoms with E-state index in [1.807, 2.05) is 24.3 Å². The molecule has 0 saturated heterocycles. The van der Waals surface area contributed by atoms with Crippen LogP contribution in [0.1, 0.15) is 0 Å². The monoisotopic (exact) mass is 282 g/mol. The highest BCUT2D eigenvalue weighted by atomic mass is 28.3. The van der Waals surface area contributed by atoms with Crippen LogP contribution in [0.15, 0.2) is 42.5 Å². The van der Waals surface area contributed by atoms with Crippen molar-refractivity contribution in [3.8, 4) is 11.5 Å². The number of fused-ring (bicyclic) bond motifs is 3. The molecule has 0 heterocycles. The molecule has 0 fully saturated rings. The molecule has 2 N–H and O–H groups in total. The van der Waals surface area contributed by atoms with Crippen LogP contribution >= 0.6 is 0 Å². The van der Waals surface area contributed by atoms with Crippen LogP contribution in [0.3, 0.4) is 0 Å². The highest BCUT2D eigenvalue weighted by Gasteiger charge is 2.23. The van der Waals surface area contributed by atoms with E-state index in [2.05, 4.69) is 31.8 Å². The van der Waals surface area contributed by atoms with Crippen molar-refractivity contribution in [2.75, 3.05) is 0 Å². The van der Waals surface area contributed by atoms with E-state index in [0.29, 0.717) is 0 Å². The van der Waals surface area contributed by atoms with Gasteiger partial charge in [-0.1, -0.05) is 56.0 Å². The minimum atomic E-state index is -1.61. The molecule has 0 amide bonds. The Morgan fingerprint density at radius 3 is 2.25 bits per heavy atom. The minimum absolute atomic E-state index is 0.0150. The molecule has 0 aliphatic heterocycles. The van der Waals surface area contributed by atoms with E-state index in [1.54, 1.807) is 6.07 Å². The van der Waals surface area contributed by atoms with Gasteiger partial charge in [0.2, 0.25) is 0 Å². The zero-order valence-electron chi connectivity index (χ0n) is 11.9. The lowest BCUT2D eigenvalue weighted by molar-refractivity contribution is 0.409. The van der Waals surface area contributed by atoms with E-state index in [1.165, 1.54) is 5.19 Å². The van der Waals surface area contributed by atoms with Crippen molar-refractivity contribution in [3.63, 3.8) is 0 Å². The molecule has 20 heavy (non-hydrogen) atoms. The molecule has 102 valence electrons. The van der Waals surface area contributed by atoms with Gasteiger partial charge in [0.25, 0.3) is 0 Å². The van der Waals surface area contributed by atoms with Gasteiger partial charge in [-0.25, -0.2) is 0 Å². The molecule has 0 bridgehead atoms. The van der Waals surface area contributed by atoms with Crippen LogP contribution in [-0.2, 0) is 0 Å². The Balaban J connectivity index is 2.59. The third kappa shape index (κ3) is 1.86. The van der Waals surface area contributed by atoms with Crippen molar-refractivity contribution in [2.24, 2.45) is 0 Å². The van der Waals surface area contributed by atoms with Crippen LogP contribution in [-0.4, -0.2) is 18.3 Å². The Hall–Kier alpha value is -2.00. The fraction of sp³-hybridized carbons (Fsp3) is 0.176. The van der Waals surface area contributed by atoms with Crippen LogP contribution in [0.4, 0.5) is 0 Å². The normalized spacial score (nSPS) is 12.2. The number of hydrogen-bond acceptors (Lipinski definition) is 2. The molecular formula is C17H18O2Si. The largest absolute Gasteiger partial charge is 0.504 e. The molecule has 0 aliphatic carbocycles. The molecule has 0 saturated carbocycles. The topological polar surface area (TPSA) is 40.5 Å². The molecular weight excluding hydrogens is 264 g/mol. The van der Waals surface area contributed by atoms with Crippen molar-refractivity contribution in [3.05, 3.63) is 42.5 Å². The Kier molecular flexibility index (Phi) is 2.76. The first-order valence-corrected chi connectivity index (χ1v) is 10.3. The van der Waals surface area contributed by atoms with Crippen molar-refractivity contribution in [2.45, 2.75) is 19.6 Å². The second-order valence-corrected chi connectivity index (χ2v) is 11.3. The third-order valence-electron chi connectivity index (χ3n) is 3.79. The minimum Gasteiger partial charge on any atom is -0.504 e. The lowest BCUT2D eigenvalue weighted by Crippen LogP contribution is -2.38. The molecule has 3 aromatic carbocycles. The SMILES string of the molecule is C[Si](C)(C)c1cc(O)c(O)c2c1ccc1ccccc12. The van der Waals surface area contributed by atoms with E-state index in [4.69, 9.17) is 0 Å². The van der Waals surface area contributed by atoms with Gasteiger partial charge in [-0.05, 0) is 27.4 Å². The maximum Gasteiger partial charge on any atom is 0.166 e.